The number of piperidine rings is 1. The Kier molecular flexibility index (Phi) is 2.28. The minimum absolute atomic E-state index is 0.00512. The second-order valence-corrected chi connectivity index (χ2v) is 5.04. The Balaban J connectivity index is 1.64. The fraction of sp³-hybridized carbons (Fsp3) is 0.417. The monoisotopic (exact) mass is 236 g/mol. The molecule has 1 saturated heterocycles. The van der Waals surface area contributed by atoms with Crippen LogP contribution in [-0.4, -0.2) is 24.0 Å². The Morgan fingerprint density at radius 3 is 2.81 bits per heavy atom. The number of amides is 2. The molecule has 1 aliphatic carbocycles. The molecule has 2 amide bonds. The summed E-state index contributed by atoms with van der Waals surface area (Å²) in [4.78, 5) is 13.8. The second-order valence-electron chi connectivity index (χ2n) is 4.60. The van der Waals surface area contributed by atoms with Crippen LogP contribution in [0.5, 0.6) is 0 Å². The first-order valence-electron chi connectivity index (χ1n) is 5.54. The summed E-state index contributed by atoms with van der Waals surface area (Å²) >= 11 is 5.85. The van der Waals surface area contributed by atoms with Gasteiger partial charge in [-0.1, -0.05) is 17.7 Å². The van der Waals surface area contributed by atoms with E-state index in [2.05, 4.69) is 5.32 Å². The van der Waals surface area contributed by atoms with Gasteiger partial charge in [-0.05, 0) is 36.5 Å². The van der Waals surface area contributed by atoms with E-state index in [-0.39, 0.29) is 6.03 Å². The zero-order valence-electron chi connectivity index (χ0n) is 8.82. The number of urea groups is 1. The van der Waals surface area contributed by atoms with Crippen LogP contribution in [0.3, 0.4) is 0 Å². The zero-order chi connectivity index (χ0) is 11.1. The van der Waals surface area contributed by atoms with E-state index in [1.165, 1.54) is 6.42 Å². The highest BCUT2D eigenvalue weighted by Gasteiger charge is 2.46. The summed E-state index contributed by atoms with van der Waals surface area (Å²) in [6, 6.07) is 7.23. The molecule has 2 aliphatic rings. The number of carbonyl (C=O) groups excluding carboxylic acids is 1. The lowest BCUT2D eigenvalue weighted by atomic mass is 10.3. The summed E-state index contributed by atoms with van der Waals surface area (Å²) in [6.45, 7) is 1.83. The van der Waals surface area contributed by atoms with E-state index in [4.69, 9.17) is 11.6 Å². The molecule has 1 aromatic carbocycles. The van der Waals surface area contributed by atoms with Crippen molar-refractivity contribution in [3.05, 3.63) is 29.3 Å². The first kappa shape index (κ1) is 9.97. The van der Waals surface area contributed by atoms with Crippen molar-refractivity contribution < 1.29 is 4.79 Å². The van der Waals surface area contributed by atoms with E-state index in [0.717, 1.165) is 30.6 Å². The number of fused-ring (bicyclic) bond motifs is 1. The SMILES string of the molecule is O=C(Nc1cccc(Cl)c1)N1CC2CC2C1. The summed E-state index contributed by atoms with van der Waals surface area (Å²) in [6.07, 6.45) is 1.31. The molecule has 84 valence electrons. The number of nitrogens with zero attached hydrogens (tertiary/aromatic N) is 1. The standard InChI is InChI=1S/C12H13ClN2O/c13-10-2-1-3-11(5-10)14-12(16)15-6-8-4-9(8)7-15/h1-3,5,8-9H,4,6-7H2,(H,14,16). The van der Waals surface area contributed by atoms with Crippen LogP contribution in [0, 0.1) is 11.8 Å². The van der Waals surface area contributed by atoms with Crippen molar-refractivity contribution in [3.8, 4) is 0 Å². The third kappa shape index (κ3) is 1.87. The third-order valence-electron chi connectivity index (χ3n) is 3.34. The van der Waals surface area contributed by atoms with Crippen LogP contribution < -0.4 is 5.32 Å². The molecule has 1 N–H and O–H groups in total. The Labute approximate surface area is 99.4 Å². The molecule has 2 fully saturated rings. The predicted octanol–water partition coefficient (Wildman–Crippen LogP) is 2.82. The second kappa shape index (κ2) is 3.67. The fourth-order valence-electron chi connectivity index (χ4n) is 2.33. The highest BCUT2D eigenvalue weighted by molar-refractivity contribution is 6.30. The third-order valence-corrected chi connectivity index (χ3v) is 3.58. The van der Waals surface area contributed by atoms with Crippen molar-refractivity contribution in [2.45, 2.75) is 6.42 Å². The zero-order valence-corrected chi connectivity index (χ0v) is 9.57. The van der Waals surface area contributed by atoms with Crippen LogP contribution in [0.25, 0.3) is 0 Å². The van der Waals surface area contributed by atoms with Gasteiger partial charge in [-0.25, -0.2) is 4.79 Å². The maximum atomic E-state index is 11.9. The summed E-state index contributed by atoms with van der Waals surface area (Å²) < 4.78 is 0. The first-order chi connectivity index (χ1) is 7.72. The van der Waals surface area contributed by atoms with Crippen molar-refractivity contribution in [2.24, 2.45) is 11.8 Å². The first-order valence-corrected chi connectivity index (χ1v) is 5.91. The quantitative estimate of drug-likeness (QED) is 0.799. The molecule has 4 heteroatoms. The number of hydrogen-bond donors (Lipinski definition) is 1. The van der Waals surface area contributed by atoms with Crippen molar-refractivity contribution in [3.63, 3.8) is 0 Å². The van der Waals surface area contributed by atoms with Crippen LogP contribution in [0.15, 0.2) is 24.3 Å². The number of rotatable bonds is 1. The lowest BCUT2D eigenvalue weighted by Gasteiger charge is -2.18. The number of carbonyl (C=O) groups is 1. The molecule has 1 saturated carbocycles. The van der Waals surface area contributed by atoms with Crippen molar-refractivity contribution in [1.82, 2.24) is 4.90 Å². The van der Waals surface area contributed by atoms with Gasteiger partial charge < -0.3 is 10.2 Å². The highest BCUT2D eigenvalue weighted by Crippen LogP contribution is 2.44. The van der Waals surface area contributed by atoms with Gasteiger partial charge in [-0.15, -0.1) is 0 Å². The summed E-state index contributed by atoms with van der Waals surface area (Å²) in [5.41, 5.74) is 0.762. The van der Waals surface area contributed by atoms with E-state index in [1.807, 2.05) is 17.0 Å². The number of hydrogen-bond acceptors (Lipinski definition) is 1. The van der Waals surface area contributed by atoms with Gasteiger partial charge in [-0.3, -0.25) is 0 Å². The molecule has 0 radical (unpaired) electrons. The topological polar surface area (TPSA) is 32.3 Å². The normalized spacial score (nSPS) is 26.4. The smallest absolute Gasteiger partial charge is 0.321 e. The number of likely N-dealkylation sites (tertiary alicyclic amines) is 1. The summed E-state index contributed by atoms with van der Waals surface area (Å²) in [5.74, 6) is 1.54. The number of benzene rings is 1. The number of nitrogens with one attached hydrogen (secondary N) is 1. The van der Waals surface area contributed by atoms with Crippen LogP contribution in [0.2, 0.25) is 5.02 Å². The minimum Gasteiger partial charge on any atom is -0.324 e. The lowest BCUT2D eigenvalue weighted by Crippen LogP contribution is -2.34. The molecule has 0 spiro atoms. The Hall–Kier alpha value is -1.22. The van der Waals surface area contributed by atoms with Crippen LogP contribution in [-0.2, 0) is 0 Å². The van der Waals surface area contributed by atoms with Gasteiger partial charge >= 0.3 is 6.03 Å². The molecule has 3 rings (SSSR count). The largest absolute Gasteiger partial charge is 0.324 e. The Bertz CT molecular complexity index is 425. The Morgan fingerprint density at radius 2 is 2.12 bits per heavy atom. The van der Waals surface area contributed by atoms with Gasteiger partial charge in [0, 0.05) is 23.8 Å². The maximum absolute atomic E-state index is 11.9. The number of anilines is 1. The van der Waals surface area contributed by atoms with Gasteiger partial charge in [0.25, 0.3) is 0 Å². The average Bonchev–Trinajstić information content (AvgIpc) is 2.86. The van der Waals surface area contributed by atoms with E-state index in [0.29, 0.717) is 5.02 Å². The minimum atomic E-state index is -0.00512. The predicted molar refractivity (Wildman–Crippen MR) is 63.6 cm³/mol. The van der Waals surface area contributed by atoms with Gasteiger partial charge in [0.2, 0.25) is 0 Å². The summed E-state index contributed by atoms with van der Waals surface area (Å²) in [7, 11) is 0. The highest BCUT2D eigenvalue weighted by atomic mass is 35.5. The number of halogens is 1. The molecule has 3 nitrogen and oxygen atoms in total. The van der Waals surface area contributed by atoms with Crippen LogP contribution >= 0.6 is 11.6 Å². The van der Waals surface area contributed by atoms with E-state index < -0.39 is 0 Å². The van der Waals surface area contributed by atoms with Crippen LogP contribution in [0.1, 0.15) is 6.42 Å². The summed E-state index contributed by atoms with van der Waals surface area (Å²) in [5, 5.41) is 3.51. The molecule has 1 aliphatic heterocycles. The molecular formula is C12H13ClN2O. The molecule has 2 atom stereocenters. The van der Waals surface area contributed by atoms with E-state index in [1.54, 1.807) is 12.1 Å². The van der Waals surface area contributed by atoms with Gasteiger partial charge in [0.15, 0.2) is 0 Å². The average molecular weight is 237 g/mol. The molecule has 0 aromatic heterocycles. The van der Waals surface area contributed by atoms with Crippen molar-refractivity contribution in [2.75, 3.05) is 18.4 Å². The van der Waals surface area contributed by atoms with Gasteiger partial charge in [-0.2, -0.15) is 0 Å². The molecule has 2 unspecified atom stereocenters. The van der Waals surface area contributed by atoms with Gasteiger partial charge in [0.1, 0.15) is 0 Å². The molecule has 1 aromatic rings. The van der Waals surface area contributed by atoms with Gasteiger partial charge in [0.05, 0.1) is 0 Å². The molecule has 1 heterocycles. The van der Waals surface area contributed by atoms with Crippen molar-refractivity contribution >= 4 is 23.3 Å². The maximum Gasteiger partial charge on any atom is 0.321 e. The van der Waals surface area contributed by atoms with Crippen molar-refractivity contribution in [1.29, 1.82) is 0 Å². The molecule has 16 heavy (non-hydrogen) atoms. The fourth-order valence-corrected chi connectivity index (χ4v) is 2.52. The van der Waals surface area contributed by atoms with E-state index >= 15 is 0 Å². The molecule has 0 bridgehead atoms. The Morgan fingerprint density at radius 1 is 1.38 bits per heavy atom. The lowest BCUT2D eigenvalue weighted by molar-refractivity contribution is 0.217. The van der Waals surface area contributed by atoms with Crippen LogP contribution in [0.4, 0.5) is 10.5 Å². The molecular weight excluding hydrogens is 224 g/mol. The van der Waals surface area contributed by atoms with E-state index in [9.17, 15) is 4.79 Å².